The summed E-state index contributed by atoms with van der Waals surface area (Å²) in [7, 11) is 4.05. The van der Waals surface area contributed by atoms with Crippen LogP contribution >= 0.6 is 0 Å². The van der Waals surface area contributed by atoms with Gasteiger partial charge in [0.2, 0.25) is 0 Å². The lowest BCUT2D eigenvalue weighted by atomic mass is 9.86. The number of aliphatic imine (C=N–C) groups is 1. The topological polar surface area (TPSA) is 62.9 Å². The zero-order valence-electron chi connectivity index (χ0n) is 14.6. The molecule has 1 fully saturated rings. The van der Waals surface area contributed by atoms with Crippen molar-refractivity contribution in [1.82, 2.24) is 4.90 Å². The Morgan fingerprint density at radius 3 is 2.52 bits per heavy atom. The summed E-state index contributed by atoms with van der Waals surface area (Å²) in [4.78, 5) is 6.52. The molecule has 0 radical (unpaired) electrons. The van der Waals surface area contributed by atoms with Crippen molar-refractivity contribution in [2.75, 3.05) is 32.5 Å². The summed E-state index contributed by atoms with van der Waals surface area (Å²) < 4.78 is 41.4. The van der Waals surface area contributed by atoms with E-state index in [1.807, 2.05) is 14.1 Å². The van der Waals surface area contributed by atoms with Crippen LogP contribution in [0.25, 0.3) is 0 Å². The van der Waals surface area contributed by atoms with Gasteiger partial charge in [0.05, 0.1) is 5.69 Å². The molecule has 5 nitrogen and oxygen atoms in total. The molecule has 2 rings (SSSR count). The molecule has 1 aromatic rings. The van der Waals surface area contributed by atoms with E-state index in [9.17, 15) is 13.2 Å². The second-order valence-corrected chi connectivity index (χ2v) is 6.82. The van der Waals surface area contributed by atoms with Crippen LogP contribution in [0.4, 0.5) is 18.9 Å². The maximum absolute atomic E-state index is 12.5. The molecule has 8 heteroatoms. The van der Waals surface area contributed by atoms with E-state index in [4.69, 9.17) is 5.73 Å². The smallest absolute Gasteiger partial charge is 0.404 e. The van der Waals surface area contributed by atoms with Gasteiger partial charge >= 0.3 is 6.36 Å². The molecule has 0 aliphatic heterocycles. The number of hydrogen-bond donors (Lipinski definition) is 2. The van der Waals surface area contributed by atoms with Gasteiger partial charge in [0.1, 0.15) is 0 Å². The number of halogens is 3. The summed E-state index contributed by atoms with van der Waals surface area (Å²) in [6.07, 6.45) is -0.271. The molecule has 1 aliphatic rings. The molecular formula is C17H25F3N4O. The van der Waals surface area contributed by atoms with Gasteiger partial charge in [-0.1, -0.05) is 25.0 Å². The van der Waals surface area contributed by atoms with Crippen molar-refractivity contribution >= 4 is 11.6 Å². The van der Waals surface area contributed by atoms with Gasteiger partial charge in [-0.2, -0.15) is 0 Å². The SMILES string of the molecule is CN(C)CC1(CN=C(N)Nc2ccccc2OC(F)(F)F)CCCC1. The van der Waals surface area contributed by atoms with Crippen LogP contribution in [-0.4, -0.2) is 44.4 Å². The first kappa shape index (κ1) is 19.4. The fourth-order valence-electron chi connectivity index (χ4n) is 3.38. The number of rotatable bonds is 6. The predicted octanol–water partition coefficient (Wildman–Crippen LogP) is 3.43. The van der Waals surface area contributed by atoms with Gasteiger partial charge in [0.15, 0.2) is 11.7 Å². The minimum atomic E-state index is -4.76. The summed E-state index contributed by atoms with van der Waals surface area (Å²) in [5.41, 5.74) is 6.11. The van der Waals surface area contributed by atoms with Gasteiger partial charge in [-0.15, -0.1) is 13.2 Å². The van der Waals surface area contributed by atoms with Gasteiger partial charge < -0.3 is 20.7 Å². The van der Waals surface area contributed by atoms with Crippen LogP contribution in [0.15, 0.2) is 29.3 Å². The molecular weight excluding hydrogens is 333 g/mol. The van der Waals surface area contributed by atoms with E-state index in [0.717, 1.165) is 19.4 Å². The third-order valence-electron chi connectivity index (χ3n) is 4.28. The second-order valence-electron chi connectivity index (χ2n) is 6.82. The van der Waals surface area contributed by atoms with Crippen LogP contribution in [0.5, 0.6) is 5.75 Å². The Morgan fingerprint density at radius 2 is 1.92 bits per heavy atom. The average Bonchev–Trinajstić information content (AvgIpc) is 2.94. The van der Waals surface area contributed by atoms with E-state index in [1.165, 1.54) is 31.0 Å². The highest BCUT2D eigenvalue weighted by Gasteiger charge is 2.34. The number of para-hydroxylation sites is 2. The van der Waals surface area contributed by atoms with Crippen LogP contribution in [-0.2, 0) is 0 Å². The first-order chi connectivity index (χ1) is 11.7. The zero-order valence-corrected chi connectivity index (χ0v) is 14.6. The zero-order chi connectivity index (χ0) is 18.5. The highest BCUT2D eigenvalue weighted by Crippen LogP contribution is 2.39. The molecule has 1 aliphatic carbocycles. The number of nitrogens with two attached hydrogens (primary N) is 1. The van der Waals surface area contributed by atoms with Crippen LogP contribution in [0, 0.1) is 5.41 Å². The van der Waals surface area contributed by atoms with Gasteiger partial charge in [-0.25, -0.2) is 0 Å². The highest BCUT2D eigenvalue weighted by molar-refractivity contribution is 5.93. The van der Waals surface area contributed by atoms with E-state index in [-0.39, 0.29) is 22.8 Å². The van der Waals surface area contributed by atoms with E-state index in [2.05, 4.69) is 19.9 Å². The number of hydrogen-bond acceptors (Lipinski definition) is 3. The van der Waals surface area contributed by atoms with Crippen molar-refractivity contribution < 1.29 is 17.9 Å². The Morgan fingerprint density at radius 1 is 1.28 bits per heavy atom. The molecule has 0 unspecified atom stereocenters. The molecule has 0 saturated heterocycles. The van der Waals surface area contributed by atoms with Crippen molar-refractivity contribution in [2.45, 2.75) is 32.0 Å². The van der Waals surface area contributed by atoms with E-state index in [1.54, 1.807) is 6.07 Å². The molecule has 0 spiro atoms. The van der Waals surface area contributed by atoms with Crippen LogP contribution < -0.4 is 15.8 Å². The van der Waals surface area contributed by atoms with Gasteiger partial charge in [0, 0.05) is 18.5 Å². The molecule has 0 aromatic heterocycles. The largest absolute Gasteiger partial charge is 0.573 e. The molecule has 3 N–H and O–H groups in total. The first-order valence-electron chi connectivity index (χ1n) is 8.26. The van der Waals surface area contributed by atoms with E-state index in [0.29, 0.717) is 6.54 Å². The van der Waals surface area contributed by atoms with E-state index < -0.39 is 6.36 Å². The maximum atomic E-state index is 12.5. The Labute approximate surface area is 146 Å². The van der Waals surface area contributed by atoms with Gasteiger partial charge in [0.25, 0.3) is 0 Å². The number of nitrogens with zero attached hydrogens (tertiary/aromatic N) is 2. The summed E-state index contributed by atoms with van der Waals surface area (Å²) in [6, 6.07) is 5.76. The summed E-state index contributed by atoms with van der Waals surface area (Å²) in [5.74, 6) is -0.250. The van der Waals surface area contributed by atoms with Crippen molar-refractivity contribution in [2.24, 2.45) is 16.1 Å². The minimum absolute atomic E-state index is 0.0811. The quantitative estimate of drug-likeness (QED) is 0.604. The highest BCUT2D eigenvalue weighted by atomic mass is 19.4. The third-order valence-corrected chi connectivity index (χ3v) is 4.28. The molecule has 1 aromatic carbocycles. The Balaban J connectivity index is 2.06. The van der Waals surface area contributed by atoms with Crippen molar-refractivity contribution in [3.8, 4) is 5.75 Å². The summed E-state index contributed by atoms with van der Waals surface area (Å²) >= 11 is 0. The molecule has 0 bridgehead atoms. The number of nitrogens with one attached hydrogen (secondary N) is 1. The van der Waals surface area contributed by atoms with Crippen LogP contribution in [0.1, 0.15) is 25.7 Å². The van der Waals surface area contributed by atoms with Crippen LogP contribution in [0.3, 0.4) is 0 Å². The Kier molecular flexibility index (Phi) is 6.16. The lowest BCUT2D eigenvalue weighted by molar-refractivity contribution is -0.274. The number of benzene rings is 1. The number of guanidine groups is 1. The average molecular weight is 358 g/mol. The molecule has 0 amide bonds. The van der Waals surface area contributed by atoms with E-state index >= 15 is 0 Å². The fourth-order valence-corrected chi connectivity index (χ4v) is 3.38. The molecule has 25 heavy (non-hydrogen) atoms. The maximum Gasteiger partial charge on any atom is 0.573 e. The third kappa shape index (κ3) is 6.12. The standard InChI is InChI=1S/C17H25F3N4O/c1-24(2)12-16(9-5-6-10-16)11-22-15(21)23-13-7-3-4-8-14(13)25-17(18,19)20/h3-4,7-8H,5-6,9-12H2,1-2H3,(H3,21,22,23). The normalized spacial score (nSPS) is 17.8. The molecule has 0 heterocycles. The Bertz CT molecular complexity index is 596. The van der Waals surface area contributed by atoms with Gasteiger partial charge in [-0.05, 0) is 39.1 Å². The van der Waals surface area contributed by atoms with Crippen molar-refractivity contribution in [3.63, 3.8) is 0 Å². The lowest BCUT2D eigenvalue weighted by Crippen LogP contribution is -2.35. The molecule has 140 valence electrons. The summed E-state index contributed by atoms with van der Waals surface area (Å²) in [5, 5.41) is 2.72. The monoisotopic (exact) mass is 358 g/mol. The molecule has 1 saturated carbocycles. The summed E-state index contributed by atoms with van der Waals surface area (Å²) in [6.45, 7) is 1.46. The van der Waals surface area contributed by atoms with Gasteiger partial charge in [-0.3, -0.25) is 4.99 Å². The van der Waals surface area contributed by atoms with Crippen LogP contribution in [0.2, 0.25) is 0 Å². The second kappa shape index (κ2) is 7.95. The number of anilines is 1. The molecule has 0 atom stereocenters. The van der Waals surface area contributed by atoms with Crippen molar-refractivity contribution in [1.29, 1.82) is 0 Å². The number of alkyl halides is 3. The Hall–Kier alpha value is -1.96. The van der Waals surface area contributed by atoms with Crippen molar-refractivity contribution in [3.05, 3.63) is 24.3 Å². The first-order valence-corrected chi connectivity index (χ1v) is 8.26. The predicted molar refractivity (Wildman–Crippen MR) is 92.7 cm³/mol. The number of ether oxygens (including phenoxy) is 1. The fraction of sp³-hybridized carbons (Fsp3) is 0.588. The minimum Gasteiger partial charge on any atom is -0.404 e. The lowest BCUT2D eigenvalue weighted by Gasteiger charge is -2.30.